The Hall–Kier alpha value is -0.430. The average molecular weight is 247 g/mol. The first-order valence-electron chi connectivity index (χ1n) is 4.31. The number of aldehydes is 1. The van der Waals surface area contributed by atoms with Gasteiger partial charge in [-0.3, -0.25) is 4.79 Å². The van der Waals surface area contributed by atoms with E-state index in [9.17, 15) is 9.90 Å². The molecule has 0 bridgehead atoms. The van der Waals surface area contributed by atoms with Gasteiger partial charge in [0, 0.05) is 7.11 Å². The van der Waals surface area contributed by atoms with Gasteiger partial charge in [0.2, 0.25) is 0 Å². The summed E-state index contributed by atoms with van der Waals surface area (Å²) in [5, 5.41) is 10.3. The Morgan fingerprint density at radius 3 is 2.80 bits per heavy atom. The van der Waals surface area contributed by atoms with E-state index < -0.39 is 11.0 Å². The van der Waals surface area contributed by atoms with Gasteiger partial charge in [-0.2, -0.15) is 0 Å². The van der Waals surface area contributed by atoms with E-state index in [1.165, 1.54) is 30.2 Å². The van der Waals surface area contributed by atoms with Crippen LogP contribution in [0.1, 0.15) is 18.9 Å². The number of thiazole rings is 1. The van der Waals surface area contributed by atoms with Gasteiger partial charge in [-0.05, 0) is 13.8 Å². The number of aromatic nitrogens is 1. The number of carbonyl (C=O) groups excluding carboxylic acids is 1. The summed E-state index contributed by atoms with van der Waals surface area (Å²) in [5.41, 5.74) is -1.45. The molecule has 0 saturated carbocycles. The molecule has 1 aromatic heterocycles. The summed E-state index contributed by atoms with van der Waals surface area (Å²) >= 11 is 2.64. The third-order valence-electron chi connectivity index (χ3n) is 1.58. The summed E-state index contributed by atoms with van der Waals surface area (Å²) in [4.78, 5) is 14.6. The van der Waals surface area contributed by atoms with Crippen LogP contribution in [0.15, 0.2) is 10.4 Å². The molecule has 0 spiro atoms. The number of rotatable bonds is 5. The minimum atomic E-state index is -0.937. The Labute approximate surface area is 96.7 Å². The molecule has 1 unspecified atom stereocenters. The van der Waals surface area contributed by atoms with Crippen LogP contribution in [0.3, 0.4) is 0 Å². The quantitative estimate of drug-likeness (QED) is 0.487. The van der Waals surface area contributed by atoms with Crippen LogP contribution in [0.25, 0.3) is 0 Å². The minimum absolute atomic E-state index is 0.514. The van der Waals surface area contributed by atoms with Crippen molar-refractivity contribution in [2.24, 2.45) is 0 Å². The van der Waals surface area contributed by atoms with Gasteiger partial charge in [-0.15, -0.1) is 11.3 Å². The standard InChI is InChI=1S/C9H13NO3S2/c1-9(2,12)8-10-4-7(15-8)14-6(5-11)13-3/h4-6,12H,1-3H3. The lowest BCUT2D eigenvalue weighted by Crippen LogP contribution is -2.14. The molecule has 0 amide bonds. The molecule has 1 N–H and O–H groups in total. The zero-order chi connectivity index (χ0) is 11.5. The molecule has 0 aliphatic heterocycles. The molecular formula is C9H13NO3S2. The summed E-state index contributed by atoms with van der Waals surface area (Å²) in [7, 11) is 1.48. The highest BCUT2D eigenvalue weighted by Crippen LogP contribution is 2.32. The lowest BCUT2D eigenvalue weighted by molar-refractivity contribution is -0.112. The van der Waals surface area contributed by atoms with Gasteiger partial charge in [0.25, 0.3) is 0 Å². The van der Waals surface area contributed by atoms with E-state index in [2.05, 4.69) is 4.98 Å². The fourth-order valence-corrected chi connectivity index (χ4v) is 2.70. The number of carbonyl (C=O) groups is 1. The second kappa shape index (κ2) is 5.07. The molecule has 84 valence electrons. The highest BCUT2D eigenvalue weighted by molar-refractivity contribution is 8.02. The van der Waals surface area contributed by atoms with Crippen LogP contribution in [0.2, 0.25) is 0 Å². The van der Waals surface area contributed by atoms with Crippen LogP contribution in [0.4, 0.5) is 0 Å². The average Bonchev–Trinajstić information content (AvgIpc) is 2.61. The Morgan fingerprint density at radius 2 is 2.40 bits per heavy atom. The molecule has 4 nitrogen and oxygen atoms in total. The number of nitrogens with zero attached hydrogens (tertiary/aromatic N) is 1. The Kier molecular flexibility index (Phi) is 4.27. The normalized spacial score (nSPS) is 13.9. The maximum Gasteiger partial charge on any atom is 0.163 e. The highest BCUT2D eigenvalue weighted by atomic mass is 32.2. The van der Waals surface area contributed by atoms with Crippen molar-refractivity contribution in [2.75, 3.05) is 7.11 Å². The van der Waals surface area contributed by atoms with Crippen molar-refractivity contribution in [2.45, 2.75) is 29.1 Å². The molecule has 0 aliphatic rings. The first kappa shape index (κ1) is 12.6. The van der Waals surface area contributed by atoms with Crippen molar-refractivity contribution in [3.63, 3.8) is 0 Å². The van der Waals surface area contributed by atoms with E-state index >= 15 is 0 Å². The van der Waals surface area contributed by atoms with Crippen LogP contribution in [0.5, 0.6) is 0 Å². The molecule has 1 atom stereocenters. The highest BCUT2D eigenvalue weighted by Gasteiger charge is 2.21. The molecule has 0 saturated heterocycles. The van der Waals surface area contributed by atoms with Gasteiger partial charge >= 0.3 is 0 Å². The molecule has 1 aromatic rings. The van der Waals surface area contributed by atoms with E-state index in [4.69, 9.17) is 4.74 Å². The maximum absolute atomic E-state index is 10.5. The van der Waals surface area contributed by atoms with Crippen LogP contribution in [-0.4, -0.2) is 28.9 Å². The third-order valence-corrected chi connectivity index (χ3v) is 4.10. The molecule has 1 heterocycles. The van der Waals surface area contributed by atoms with E-state index in [0.29, 0.717) is 5.01 Å². The summed E-state index contributed by atoms with van der Waals surface area (Å²) < 4.78 is 5.76. The molecule has 1 rings (SSSR count). The van der Waals surface area contributed by atoms with E-state index in [1.54, 1.807) is 20.0 Å². The van der Waals surface area contributed by atoms with Crippen LogP contribution < -0.4 is 0 Å². The van der Waals surface area contributed by atoms with Gasteiger partial charge < -0.3 is 9.84 Å². The predicted molar refractivity (Wildman–Crippen MR) is 60.1 cm³/mol. The number of hydrogen-bond donors (Lipinski definition) is 1. The van der Waals surface area contributed by atoms with Crippen molar-refractivity contribution in [1.29, 1.82) is 0 Å². The minimum Gasteiger partial charge on any atom is -0.383 e. The van der Waals surface area contributed by atoms with Crippen molar-refractivity contribution in [3.8, 4) is 0 Å². The number of hydrogen-bond acceptors (Lipinski definition) is 6. The summed E-state index contributed by atoms with van der Waals surface area (Å²) in [6.45, 7) is 3.35. The number of aliphatic hydroxyl groups is 1. The molecule has 6 heteroatoms. The summed E-state index contributed by atoms with van der Waals surface area (Å²) in [6, 6.07) is 0. The van der Waals surface area contributed by atoms with E-state index in [1.807, 2.05) is 0 Å². The fourth-order valence-electron chi connectivity index (χ4n) is 0.843. The number of thioether (sulfide) groups is 1. The third kappa shape index (κ3) is 3.57. The second-order valence-electron chi connectivity index (χ2n) is 3.40. The van der Waals surface area contributed by atoms with E-state index in [0.717, 1.165) is 10.5 Å². The zero-order valence-electron chi connectivity index (χ0n) is 8.76. The van der Waals surface area contributed by atoms with E-state index in [-0.39, 0.29) is 0 Å². The summed E-state index contributed by atoms with van der Waals surface area (Å²) in [5.74, 6) is 0. The Bertz CT molecular complexity index is 332. The van der Waals surface area contributed by atoms with Gasteiger partial charge in [0.05, 0.1) is 10.4 Å². The molecular weight excluding hydrogens is 234 g/mol. The molecule has 0 aliphatic carbocycles. The predicted octanol–water partition coefficient (Wildman–Crippen LogP) is 1.63. The van der Waals surface area contributed by atoms with Crippen molar-refractivity contribution < 1.29 is 14.6 Å². The zero-order valence-corrected chi connectivity index (χ0v) is 10.4. The first-order chi connectivity index (χ1) is 6.97. The van der Waals surface area contributed by atoms with Gasteiger partial charge in [-0.25, -0.2) is 4.98 Å². The molecule has 0 radical (unpaired) electrons. The van der Waals surface area contributed by atoms with Crippen LogP contribution in [0, 0.1) is 0 Å². The van der Waals surface area contributed by atoms with Crippen molar-refractivity contribution >= 4 is 29.4 Å². The topological polar surface area (TPSA) is 59.4 Å². The SMILES string of the molecule is COC(C=O)Sc1cnc(C(C)(C)O)s1. The largest absolute Gasteiger partial charge is 0.383 e. The molecule has 0 aromatic carbocycles. The Morgan fingerprint density at radius 1 is 1.73 bits per heavy atom. The van der Waals surface area contributed by atoms with Gasteiger partial charge in [0.15, 0.2) is 11.7 Å². The van der Waals surface area contributed by atoms with Gasteiger partial charge in [0.1, 0.15) is 10.6 Å². The van der Waals surface area contributed by atoms with Crippen molar-refractivity contribution in [3.05, 3.63) is 11.2 Å². The fraction of sp³-hybridized carbons (Fsp3) is 0.556. The monoisotopic (exact) mass is 247 g/mol. The lowest BCUT2D eigenvalue weighted by Gasteiger charge is -2.12. The first-order valence-corrected chi connectivity index (χ1v) is 6.00. The van der Waals surface area contributed by atoms with Gasteiger partial charge in [-0.1, -0.05) is 11.8 Å². The van der Waals surface area contributed by atoms with Crippen LogP contribution >= 0.6 is 23.1 Å². The van der Waals surface area contributed by atoms with Crippen LogP contribution in [-0.2, 0) is 15.1 Å². The summed E-state index contributed by atoms with van der Waals surface area (Å²) in [6.07, 6.45) is 2.37. The smallest absolute Gasteiger partial charge is 0.163 e. The number of methoxy groups -OCH3 is 1. The number of ether oxygens (including phenoxy) is 1. The lowest BCUT2D eigenvalue weighted by atomic mass is 10.2. The second-order valence-corrected chi connectivity index (χ2v) is 5.83. The Balaban J connectivity index is 2.72. The molecule has 0 fully saturated rings. The molecule has 15 heavy (non-hydrogen) atoms. The van der Waals surface area contributed by atoms with Crippen molar-refractivity contribution in [1.82, 2.24) is 4.98 Å². The maximum atomic E-state index is 10.5.